The number of aliphatic hydroxyl groups is 2. The number of esters is 2. The van der Waals surface area contributed by atoms with Crippen molar-refractivity contribution in [1.29, 1.82) is 0 Å². The number of nitrogens with zero attached hydrogens (tertiary/aromatic N) is 2. The SMILES string of the molecule is C=C(CC)CO[C@@H]1[C@@H](C)C(=NC(C)=O)[C@H](C)C[C@@](C)(O)C(O[C@@H]2O[C@H](C)C[C@H](N(C)C)[C@H]2OC(C)=O)[C@@H](C)C(=O)[C@](C)(F)C(=O)O[C@H](CC)[C@@]1(C)O. The predicted molar refractivity (Wildman–Crippen MR) is 192 cm³/mol. The summed E-state index contributed by atoms with van der Waals surface area (Å²) in [5.74, 6) is -7.00. The van der Waals surface area contributed by atoms with Gasteiger partial charge in [-0.1, -0.05) is 46.8 Å². The molecule has 13 nitrogen and oxygen atoms in total. The Labute approximate surface area is 308 Å². The van der Waals surface area contributed by atoms with E-state index < -0.39 is 95.1 Å². The van der Waals surface area contributed by atoms with E-state index >= 15 is 4.39 Å². The molecule has 13 atom stereocenters. The van der Waals surface area contributed by atoms with Gasteiger partial charge in [-0.15, -0.1) is 0 Å². The Morgan fingerprint density at radius 2 is 1.63 bits per heavy atom. The fraction of sp³-hybridized carbons (Fsp3) is 0.816. The van der Waals surface area contributed by atoms with Gasteiger partial charge in [0.2, 0.25) is 5.91 Å². The number of cyclic esters (lactones) is 1. The number of carbonyl (C=O) groups excluding carboxylic acids is 4. The van der Waals surface area contributed by atoms with Crippen molar-refractivity contribution in [2.75, 3.05) is 20.7 Å². The Bertz CT molecular complexity index is 1330. The number of ketones is 1. The highest BCUT2D eigenvalue weighted by molar-refractivity contribution is 6.08. The summed E-state index contributed by atoms with van der Waals surface area (Å²) in [5.41, 5.74) is -6.26. The number of likely N-dealkylation sites (N-methyl/N-ethyl adjacent to an activating group) is 1. The van der Waals surface area contributed by atoms with Crippen LogP contribution in [0, 0.1) is 17.8 Å². The molecule has 2 aliphatic rings. The van der Waals surface area contributed by atoms with Crippen molar-refractivity contribution in [2.24, 2.45) is 22.7 Å². The standard InChI is InChI=1S/C38H63FN2O11/c1-15-20(3)19-48-33-23(6)29(40-25(8)42)21(4)18-36(10,46)32(52-34-30(50-26(9)43)27(41(13)14)17-22(5)49-34)24(7)31(44)37(11,39)35(45)51-28(16-2)38(33,12)47/h21-24,27-28,30,32-34,46-47H,3,15-19H2,1-2,4-14H3/t21-,22-,23+,24+,27+,28-,30-,32?,33-,34+,36-,37+,38-/m1/s1. The fourth-order valence-electron chi connectivity index (χ4n) is 7.58. The molecule has 0 aromatic carbocycles. The third-order valence-corrected chi connectivity index (χ3v) is 10.4. The second-order valence-corrected chi connectivity index (χ2v) is 15.5. The van der Waals surface area contributed by atoms with Crippen LogP contribution in [-0.4, -0.2) is 125 Å². The minimum Gasteiger partial charge on any atom is -0.457 e. The molecule has 1 amide bonds. The largest absolute Gasteiger partial charge is 0.457 e. The molecule has 0 aromatic heterocycles. The van der Waals surface area contributed by atoms with Gasteiger partial charge in [0.15, 0.2) is 18.2 Å². The maximum Gasteiger partial charge on any atom is 0.351 e. The quantitative estimate of drug-likeness (QED) is 0.197. The van der Waals surface area contributed by atoms with Crippen molar-refractivity contribution in [3.8, 4) is 0 Å². The van der Waals surface area contributed by atoms with Crippen LogP contribution in [0.2, 0.25) is 0 Å². The van der Waals surface area contributed by atoms with Crippen molar-refractivity contribution in [3.05, 3.63) is 12.2 Å². The lowest BCUT2D eigenvalue weighted by molar-refractivity contribution is -0.295. The van der Waals surface area contributed by atoms with Gasteiger partial charge < -0.3 is 38.8 Å². The first-order valence-electron chi connectivity index (χ1n) is 18.2. The van der Waals surface area contributed by atoms with Crippen molar-refractivity contribution in [2.45, 2.75) is 162 Å². The van der Waals surface area contributed by atoms with Gasteiger partial charge in [0, 0.05) is 31.4 Å². The van der Waals surface area contributed by atoms with Crippen LogP contribution in [0.25, 0.3) is 0 Å². The highest BCUT2D eigenvalue weighted by Crippen LogP contribution is 2.39. The monoisotopic (exact) mass is 742 g/mol. The molecule has 2 rings (SSSR count). The summed E-state index contributed by atoms with van der Waals surface area (Å²) in [7, 11) is 3.60. The number of alkyl halides is 1. The highest BCUT2D eigenvalue weighted by Gasteiger charge is 2.56. The molecular formula is C38H63FN2O11. The molecule has 2 saturated heterocycles. The van der Waals surface area contributed by atoms with Crippen LogP contribution in [0.1, 0.15) is 102 Å². The van der Waals surface area contributed by atoms with Crippen molar-refractivity contribution >= 4 is 29.3 Å². The summed E-state index contributed by atoms with van der Waals surface area (Å²) in [6.45, 7) is 20.1. The van der Waals surface area contributed by atoms with Gasteiger partial charge in [0.25, 0.3) is 5.67 Å². The van der Waals surface area contributed by atoms with Crippen LogP contribution < -0.4 is 0 Å². The summed E-state index contributed by atoms with van der Waals surface area (Å²) < 4.78 is 46.8. The van der Waals surface area contributed by atoms with Crippen LogP contribution in [0.3, 0.4) is 0 Å². The van der Waals surface area contributed by atoms with E-state index in [0.717, 1.165) is 6.92 Å². The number of hydrogen-bond donors (Lipinski definition) is 2. The zero-order valence-electron chi connectivity index (χ0n) is 33.4. The summed E-state index contributed by atoms with van der Waals surface area (Å²) >= 11 is 0. The van der Waals surface area contributed by atoms with Crippen LogP contribution >= 0.6 is 0 Å². The van der Waals surface area contributed by atoms with Crippen LogP contribution in [0.5, 0.6) is 0 Å². The molecule has 14 heteroatoms. The van der Waals surface area contributed by atoms with Gasteiger partial charge in [-0.3, -0.25) is 14.4 Å². The molecule has 2 aliphatic heterocycles. The topological polar surface area (TPSA) is 170 Å². The van der Waals surface area contributed by atoms with E-state index in [1.54, 1.807) is 41.8 Å². The van der Waals surface area contributed by atoms with Crippen LogP contribution in [-0.2, 0) is 42.9 Å². The highest BCUT2D eigenvalue weighted by atomic mass is 19.1. The first-order chi connectivity index (χ1) is 23.8. The molecule has 0 aromatic rings. The number of halogens is 1. The molecule has 0 aliphatic carbocycles. The van der Waals surface area contributed by atoms with E-state index in [1.807, 2.05) is 11.8 Å². The Hall–Kier alpha value is -2.62. The Kier molecular flexibility index (Phi) is 15.9. The first-order valence-corrected chi connectivity index (χ1v) is 18.2. The number of rotatable bonds is 9. The maximum atomic E-state index is 16.6. The third kappa shape index (κ3) is 10.7. The fourth-order valence-corrected chi connectivity index (χ4v) is 7.58. The number of amides is 1. The molecule has 2 fully saturated rings. The second-order valence-electron chi connectivity index (χ2n) is 15.5. The lowest BCUT2D eigenvalue weighted by Crippen LogP contribution is -2.61. The smallest absolute Gasteiger partial charge is 0.351 e. The number of ether oxygens (including phenoxy) is 5. The molecule has 0 bridgehead atoms. The number of Topliss-reactive ketones (excluding diaryl/α,β-unsaturated/α-hetero) is 1. The number of carbonyl (C=O) groups is 4. The summed E-state index contributed by atoms with van der Waals surface area (Å²) in [6.07, 6.45) is -5.97. The van der Waals surface area contributed by atoms with E-state index in [2.05, 4.69) is 11.6 Å². The molecule has 1 unspecified atom stereocenters. The minimum absolute atomic E-state index is 0.00941. The lowest BCUT2D eigenvalue weighted by Gasteiger charge is -2.47. The van der Waals surface area contributed by atoms with Crippen LogP contribution in [0.15, 0.2) is 17.1 Å². The molecule has 2 heterocycles. The van der Waals surface area contributed by atoms with Crippen molar-refractivity contribution < 1.29 is 57.5 Å². The van der Waals surface area contributed by atoms with E-state index in [9.17, 15) is 29.4 Å². The van der Waals surface area contributed by atoms with Gasteiger partial charge in [-0.05, 0) is 73.4 Å². The molecular weight excluding hydrogens is 679 g/mol. The van der Waals surface area contributed by atoms with Crippen molar-refractivity contribution in [1.82, 2.24) is 4.90 Å². The average molecular weight is 743 g/mol. The van der Waals surface area contributed by atoms with Crippen LogP contribution in [0.4, 0.5) is 4.39 Å². The molecule has 2 N–H and O–H groups in total. The van der Waals surface area contributed by atoms with Gasteiger partial charge in [-0.25, -0.2) is 14.2 Å². The second kappa shape index (κ2) is 18.1. The molecule has 0 saturated carbocycles. The van der Waals surface area contributed by atoms with E-state index in [4.69, 9.17) is 23.7 Å². The van der Waals surface area contributed by atoms with Gasteiger partial charge in [-0.2, -0.15) is 0 Å². The molecule has 0 spiro atoms. The van der Waals surface area contributed by atoms with Crippen molar-refractivity contribution in [3.63, 3.8) is 0 Å². The predicted octanol–water partition coefficient (Wildman–Crippen LogP) is 4.14. The zero-order valence-corrected chi connectivity index (χ0v) is 33.4. The summed E-state index contributed by atoms with van der Waals surface area (Å²) in [6, 6.07) is -0.387. The summed E-state index contributed by atoms with van der Waals surface area (Å²) in [5, 5.41) is 24.4. The molecule has 0 radical (unpaired) electrons. The summed E-state index contributed by atoms with van der Waals surface area (Å²) in [4.78, 5) is 58.8. The van der Waals surface area contributed by atoms with E-state index in [0.29, 0.717) is 18.4 Å². The minimum atomic E-state index is -3.25. The Balaban J connectivity index is 2.86. The number of aliphatic imine (C=N–C) groups is 1. The maximum absolute atomic E-state index is 16.6. The normalized spacial score (nSPS) is 40.6. The average Bonchev–Trinajstić information content (AvgIpc) is 3.03. The molecule has 298 valence electrons. The van der Waals surface area contributed by atoms with E-state index in [-0.39, 0.29) is 31.2 Å². The lowest BCUT2D eigenvalue weighted by atomic mass is 9.73. The van der Waals surface area contributed by atoms with Gasteiger partial charge >= 0.3 is 11.9 Å². The Morgan fingerprint density at radius 1 is 1.04 bits per heavy atom. The molecule has 52 heavy (non-hydrogen) atoms. The first kappa shape index (κ1) is 45.5. The third-order valence-electron chi connectivity index (χ3n) is 10.4. The Morgan fingerprint density at radius 3 is 2.13 bits per heavy atom. The van der Waals surface area contributed by atoms with Gasteiger partial charge in [0.1, 0.15) is 11.7 Å². The zero-order chi connectivity index (χ0) is 40.1. The van der Waals surface area contributed by atoms with E-state index in [1.165, 1.54) is 34.6 Å². The number of hydrogen-bond acceptors (Lipinski definition) is 12. The van der Waals surface area contributed by atoms with Gasteiger partial charge in [0.05, 0.1) is 36.6 Å².